The minimum Gasteiger partial charge on any atom is -0.402 e. The first kappa shape index (κ1) is 26.3. The van der Waals surface area contributed by atoms with Crippen molar-refractivity contribution in [3.8, 4) is 0 Å². The summed E-state index contributed by atoms with van der Waals surface area (Å²) in [6.45, 7) is 13.1. The standard InChI is InChI=1S/C32H44N6/c1-23(2)36-19-17-31-29(22-36)32(35-38(31)28-14-5-4-6-15-28)37-18-9-12-26-21-25(11-8-16-30(26)37)10-7-13-27(34)20-24(3)33/h7-8,11,13,21,28,34H,1,3-6,9-10,12,14-20,22,33H2,2H3/b13-7-,34-27?. The first-order valence-electron chi connectivity index (χ1n) is 14.4. The van der Waals surface area contributed by atoms with Gasteiger partial charge in [0.15, 0.2) is 5.82 Å². The fraction of sp³-hybridized carbons (Fsp3) is 0.500. The van der Waals surface area contributed by atoms with E-state index in [9.17, 15) is 0 Å². The number of nitrogens with zero attached hydrogens (tertiary/aromatic N) is 4. The van der Waals surface area contributed by atoms with Crippen LogP contribution in [0.15, 0.2) is 71.8 Å². The smallest absolute Gasteiger partial charge is 0.160 e. The van der Waals surface area contributed by atoms with Gasteiger partial charge in [-0.15, -0.1) is 0 Å². The summed E-state index contributed by atoms with van der Waals surface area (Å²) in [5.74, 6) is 1.18. The van der Waals surface area contributed by atoms with E-state index in [1.54, 1.807) is 0 Å². The Morgan fingerprint density at radius 2 is 1.97 bits per heavy atom. The molecule has 5 rings (SSSR count). The molecular weight excluding hydrogens is 468 g/mol. The van der Waals surface area contributed by atoms with Gasteiger partial charge >= 0.3 is 0 Å². The van der Waals surface area contributed by atoms with E-state index < -0.39 is 0 Å². The van der Waals surface area contributed by atoms with Crippen molar-refractivity contribution in [1.29, 1.82) is 5.41 Å². The third kappa shape index (κ3) is 5.74. The van der Waals surface area contributed by atoms with Crippen LogP contribution >= 0.6 is 0 Å². The molecule has 0 bridgehead atoms. The summed E-state index contributed by atoms with van der Waals surface area (Å²) in [6, 6.07) is 0.545. The number of rotatable bonds is 8. The summed E-state index contributed by atoms with van der Waals surface area (Å²) in [5.41, 5.74) is 14.8. The van der Waals surface area contributed by atoms with Crippen molar-refractivity contribution in [2.24, 2.45) is 5.73 Å². The molecule has 1 aromatic rings. The molecular formula is C32H44N6. The third-order valence-electron chi connectivity index (χ3n) is 8.40. The van der Waals surface area contributed by atoms with Gasteiger partial charge in [-0.25, -0.2) is 0 Å². The van der Waals surface area contributed by atoms with Gasteiger partial charge in [0.25, 0.3) is 0 Å². The van der Waals surface area contributed by atoms with Gasteiger partial charge in [0.05, 0.1) is 6.04 Å². The first-order valence-corrected chi connectivity index (χ1v) is 14.4. The number of fused-ring (bicyclic) bond motifs is 1. The van der Waals surface area contributed by atoms with E-state index in [4.69, 9.17) is 16.2 Å². The van der Waals surface area contributed by atoms with E-state index in [2.05, 4.69) is 58.9 Å². The molecule has 4 aliphatic rings. The molecule has 0 spiro atoms. The molecule has 6 heteroatoms. The maximum absolute atomic E-state index is 8.04. The van der Waals surface area contributed by atoms with Crippen LogP contribution in [0.4, 0.5) is 5.82 Å². The average Bonchev–Trinajstić information content (AvgIpc) is 3.14. The van der Waals surface area contributed by atoms with Gasteiger partial charge in [0.1, 0.15) is 0 Å². The molecule has 1 saturated carbocycles. The second-order valence-electron chi connectivity index (χ2n) is 11.4. The second-order valence-corrected chi connectivity index (χ2v) is 11.4. The van der Waals surface area contributed by atoms with Crippen LogP contribution in [0, 0.1) is 5.41 Å². The summed E-state index contributed by atoms with van der Waals surface area (Å²) in [6.07, 6.45) is 22.8. The quantitative estimate of drug-likeness (QED) is 0.374. The van der Waals surface area contributed by atoms with Crippen molar-refractivity contribution in [1.82, 2.24) is 14.7 Å². The normalized spacial score (nSPS) is 20.3. The fourth-order valence-corrected chi connectivity index (χ4v) is 6.47. The lowest BCUT2D eigenvalue weighted by Crippen LogP contribution is -2.32. The van der Waals surface area contributed by atoms with E-state index >= 15 is 0 Å². The monoisotopic (exact) mass is 512 g/mol. The highest BCUT2D eigenvalue weighted by Crippen LogP contribution is 2.40. The molecule has 2 aliphatic carbocycles. The molecule has 2 aliphatic heterocycles. The Kier molecular flexibility index (Phi) is 8.06. The predicted octanol–water partition coefficient (Wildman–Crippen LogP) is 6.85. The first-order chi connectivity index (χ1) is 18.4. The largest absolute Gasteiger partial charge is 0.402 e. The maximum Gasteiger partial charge on any atom is 0.160 e. The molecule has 0 amide bonds. The molecule has 0 aromatic carbocycles. The molecule has 1 aromatic heterocycles. The number of nitrogens with one attached hydrogen (secondary N) is 1. The zero-order chi connectivity index (χ0) is 26.6. The van der Waals surface area contributed by atoms with Crippen molar-refractivity contribution in [2.45, 2.75) is 90.1 Å². The lowest BCUT2D eigenvalue weighted by atomic mass is 9.95. The minimum atomic E-state index is 0.427. The van der Waals surface area contributed by atoms with Crippen LogP contribution in [-0.4, -0.2) is 33.5 Å². The Morgan fingerprint density at radius 1 is 1.16 bits per heavy atom. The molecule has 0 atom stereocenters. The molecule has 0 radical (unpaired) electrons. The SMILES string of the molecule is C=C(N)CC(=N)/C=C\CC1=CC2=C(CC=C1)N(c1nn(C3CCCCC3)c3c1CN(C(=C)C)CC3)CCC2. The van der Waals surface area contributed by atoms with Gasteiger partial charge in [0, 0.05) is 73.0 Å². The van der Waals surface area contributed by atoms with Crippen molar-refractivity contribution in [3.05, 3.63) is 83.0 Å². The van der Waals surface area contributed by atoms with Crippen LogP contribution in [0.2, 0.25) is 0 Å². The lowest BCUT2D eigenvalue weighted by molar-refractivity contribution is 0.293. The Morgan fingerprint density at radius 3 is 2.74 bits per heavy atom. The van der Waals surface area contributed by atoms with E-state index in [1.807, 2.05) is 6.08 Å². The summed E-state index contributed by atoms with van der Waals surface area (Å²) in [4.78, 5) is 4.97. The molecule has 38 heavy (non-hydrogen) atoms. The molecule has 202 valence electrons. The highest BCUT2D eigenvalue weighted by molar-refractivity contribution is 5.93. The van der Waals surface area contributed by atoms with Crippen molar-refractivity contribution in [3.63, 3.8) is 0 Å². The van der Waals surface area contributed by atoms with E-state index in [0.717, 1.165) is 57.4 Å². The molecule has 1 fully saturated rings. The third-order valence-corrected chi connectivity index (χ3v) is 8.40. The number of aromatic nitrogens is 2. The van der Waals surface area contributed by atoms with Gasteiger partial charge in [-0.3, -0.25) is 4.68 Å². The summed E-state index contributed by atoms with van der Waals surface area (Å²) in [5, 5.41) is 13.5. The average molecular weight is 513 g/mol. The van der Waals surface area contributed by atoms with Crippen LogP contribution in [0.25, 0.3) is 0 Å². The molecule has 0 saturated heterocycles. The Bertz CT molecular complexity index is 1220. The topological polar surface area (TPSA) is 74.2 Å². The number of nitrogens with two attached hydrogens (primary N) is 1. The van der Waals surface area contributed by atoms with E-state index in [-0.39, 0.29) is 0 Å². The number of hydrogen-bond donors (Lipinski definition) is 2. The zero-order valence-corrected chi connectivity index (χ0v) is 23.1. The van der Waals surface area contributed by atoms with E-state index in [1.165, 1.54) is 66.0 Å². The minimum absolute atomic E-state index is 0.427. The van der Waals surface area contributed by atoms with Crippen LogP contribution < -0.4 is 10.6 Å². The van der Waals surface area contributed by atoms with Crippen LogP contribution in [-0.2, 0) is 13.0 Å². The predicted molar refractivity (Wildman–Crippen MR) is 158 cm³/mol. The molecule has 3 N–H and O–H groups in total. The summed E-state index contributed by atoms with van der Waals surface area (Å²) < 4.78 is 2.44. The Hall–Kier alpha value is -3.28. The molecule has 0 unspecified atom stereocenters. The summed E-state index contributed by atoms with van der Waals surface area (Å²) in [7, 11) is 0. The zero-order valence-electron chi connectivity index (χ0n) is 23.1. The second kappa shape index (κ2) is 11.6. The Balaban J connectivity index is 1.45. The highest BCUT2D eigenvalue weighted by atomic mass is 15.4. The van der Waals surface area contributed by atoms with Crippen molar-refractivity contribution in [2.75, 3.05) is 18.0 Å². The number of anilines is 1. The van der Waals surface area contributed by atoms with Gasteiger partial charge in [-0.1, -0.05) is 56.7 Å². The van der Waals surface area contributed by atoms with E-state index in [0.29, 0.717) is 23.9 Å². The van der Waals surface area contributed by atoms with Crippen LogP contribution in [0.5, 0.6) is 0 Å². The maximum atomic E-state index is 8.04. The highest BCUT2D eigenvalue weighted by Gasteiger charge is 2.33. The number of allylic oxidation sites excluding steroid dienone is 9. The van der Waals surface area contributed by atoms with Gasteiger partial charge < -0.3 is 20.9 Å². The van der Waals surface area contributed by atoms with Crippen LogP contribution in [0.1, 0.15) is 88.4 Å². The fourth-order valence-electron chi connectivity index (χ4n) is 6.47. The number of hydrogen-bond acceptors (Lipinski definition) is 5. The molecule has 6 nitrogen and oxygen atoms in total. The lowest BCUT2D eigenvalue weighted by Gasteiger charge is -2.34. The van der Waals surface area contributed by atoms with Crippen LogP contribution in [0.3, 0.4) is 0 Å². The van der Waals surface area contributed by atoms with Crippen molar-refractivity contribution >= 4 is 11.5 Å². The Labute approximate surface area is 228 Å². The van der Waals surface area contributed by atoms with Gasteiger partial charge in [0.2, 0.25) is 0 Å². The van der Waals surface area contributed by atoms with Gasteiger partial charge in [-0.2, -0.15) is 5.10 Å². The van der Waals surface area contributed by atoms with Crippen molar-refractivity contribution < 1.29 is 0 Å². The molecule has 3 heterocycles. The summed E-state index contributed by atoms with van der Waals surface area (Å²) >= 11 is 0. The van der Waals surface area contributed by atoms with Gasteiger partial charge in [-0.05, 0) is 56.3 Å².